The van der Waals surface area contributed by atoms with Gasteiger partial charge < -0.3 is 4.98 Å². The third-order valence-corrected chi connectivity index (χ3v) is 4.20. The predicted octanol–water partition coefficient (Wildman–Crippen LogP) is 4.01. The summed E-state index contributed by atoms with van der Waals surface area (Å²) in [6, 6.07) is 4.42. The minimum Gasteiger partial charge on any atom is -0.341 e. The summed E-state index contributed by atoms with van der Waals surface area (Å²) in [6.45, 7) is 6.64. The summed E-state index contributed by atoms with van der Waals surface area (Å²) in [6.07, 6.45) is 5.22. The molecule has 1 heterocycles. The van der Waals surface area contributed by atoms with Gasteiger partial charge in [0, 0.05) is 5.41 Å². The highest BCUT2D eigenvalue weighted by Crippen LogP contribution is 2.39. The van der Waals surface area contributed by atoms with Crippen LogP contribution in [0.3, 0.4) is 0 Å². The van der Waals surface area contributed by atoms with Crippen LogP contribution in [0, 0.1) is 13.8 Å². The first-order chi connectivity index (χ1) is 8.08. The molecule has 1 N–H and O–H groups in total. The lowest BCUT2D eigenvalue weighted by Crippen LogP contribution is -2.18. The second-order valence-electron chi connectivity index (χ2n) is 5.83. The minimum absolute atomic E-state index is 0.277. The monoisotopic (exact) mass is 228 g/mol. The van der Waals surface area contributed by atoms with Crippen molar-refractivity contribution in [3.63, 3.8) is 0 Å². The molecule has 2 aromatic rings. The molecule has 2 nitrogen and oxygen atoms in total. The summed E-state index contributed by atoms with van der Waals surface area (Å²) in [5.74, 6) is 1.19. The topological polar surface area (TPSA) is 28.7 Å². The number of imidazole rings is 1. The van der Waals surface area contributed by atoms with Crippen LogP contribution in [0.5, 0.6) is 0 Å². The molecular formula is C15H20N2. The second-order valence-corrected chi connectivity index (χ2v) is 5.83. The predicted molar refractivity (Wildman–Crippen MR) is 71.4 cm³/mol. The molecule has 17 heavy (non-hydrogen) atoms. The number of aryl methyl sites for hydroxylation is 2. The molecule has 0 spiro atoms. The third kappa shape index (κ3) is 1.67. The SMILES string of the molecule is Cc1cc(C)c2nc(C3(C)CCCC3)[nH]c2c1. The number of fused-ring (bicyclic) bond motifs is 1. The Morgan fingerprint density at radius 1 is 1.18 bits per heavy atom. The molecule has 0 atom stereocenters. The smallest absolute Gasteiger partial charge is 0.113 e. The van der Waals surface area contributed by atoms with E-state index in [0.29, 0.717) is 0 Å². The van der Waals surface area contributed by atoms with Gasteiger partial charge in [-0.2, -0.15) is 0 Å². The number of hydrogen-bond donors (Lipinski definition) is 1. The quantitative estimate of drug-likeness (QED) is 0.785. The average Bonchev–Trinajstić information content (AvgIpc) is 2.84. The Hall–Kier alpha value is -1.31. The third-order valence-electron chi connectivity index (χ3n) is 4.20. The van der Waals surface area contributed by atoms with Crippen LogP contribution in [0.2, 0.25) is 0 Å². The van der Waals surface area contributed by atoms with Crippen molar-refractivity contribution in [2.24, 2.45) is 0 Å². The molecule has 1 aliphatic rings. The summed E-state index contributed by atoms with van der Waals surface area (Å²) < 4.78 is 0. The Kier molecular flexibility index (Phi) is 2.29. The van der Waals surface area contributed by atoms with E-state index in [2.05, 4.69) is 37.9 Å². The van der Waals surface area contributed by atoms with Crippen molar-refractivity contribution >= 4 is 11.0 Å². The molecule has 1 saturated carbocycles. The Balaban J connectivity index is 2.16. The Labute approximate surface area is 102 Å². The van der Waals surface area contributed by atoms with Crippen molar-refractivity contribution in [3.8, 4) is 0 Å². The Morgan fingerprint density at radius 3 is 2.59 bits per heavy atom. The fourth-order valence-corrected chi connectivity index (χ4v) is 3.15. The molecule has 0 saturated heterocycles. The van der Waals surface area contributed by atoms with E-state index in [-0.39, 0.29) is 5.41 Å². The van der Waals surface area contributed by atoms with Crippen LogP contribution in [0.1, 0.15) is 49.6 Å². The standard InChI is InChI=1S/C15H20N2/c1-10-8-11(2)13-12(9-10)16-14(17-13)15(3)6-4-5-7-15/h8-9H,4-7H2,1-3H3,(H,16,17). The van der Waals surface area contributed by atoms with E-state index in [9.17, 15) is 0 Å². The summed E-state index contributed by atoms with van der Waals surface area (Å²) >= 11 is 0. The number of nitrogens with zero attached hydrogens (tertiary/aromatic N) is 1. The number of benzene rings is 1. The fourth-order valence-electron chi connectivity index (χ4n) is 3.15. The van der Waals surface area contributed by atoms with Gasteiger partial charge in [-0.25, -0.2) is 4.98 Å². The number of aromatic amines is 1. The molecule has 0 amide bonds. The largest absolute Gasteiger partial charge is 0.341 e. The molecule has 0 aliphatic heterocycles. The van der Waals surface area contributed by atoms with Crippen molar-refractivity contribution < 1.29 is 0 Å². The van der Waals surface area contributed by atoms with Crippen molar-refractivity contribution in [2.75, 3.05) is 0 Å². The molecular weight excluding hydrogens is 208 g/mol. The Morgan fingerprint density at radius 2 is 1.88 bits per heavy atom. The van der Waals surface area contributed by atoms with Gasteiger partial charge in [0.25, 0.3) is 0 Å². The van der Waals surface area contributed by atoms with Gasteiger partial charge in [0.15, 0.2) is 0 Å². The van der Waals surface area contributed by atoms with Crippen LogP contribution >= 0.6 is 0 Å². The molecule has 2 heteroatoms. The van der Waals surface area contributed by atoms with E-state index in [1.807, 2.05) is 0 Å². The lowest BCUT2D eigenvalue weighted by atomic mass is 9.88. The summed E-state index contributed by atoms with van der Waals surface area (Å²) in [5.41, 5.74) is 5.22. The number of rotatable bonds is 1. The summed E-state index contributed by atoms with van der Waals surface area (Å²) in [7, 11) is 0. The van der Waals surface area contributed by atoms with E-state index in [1.54, 1.807) is 0 Å². The minimum atomic E-state index is 0.277. The molecule has 0 unspecified atom stereocenters. The zero-order valence-corrected chi connectivity index (χ0v) is 10.9. The van der Waals surface area contributed by atoms with Gasteiger partial charge in [-0.1, -0.05) is 25.8 Å². The van der Waals surface area contributed by atoms with Gasteiger partial charge >= 0.3 is 0 Å². The number of hydrogen-bond acceptors (Lipinski definition) is 1. The highest BCUT2D eigenvalue weighted by atomic mass is 14.9. The van der Waals surface area contributed by atoms with Crippen molar-refractivity contribution in [1.82, 2.24) is 9.97 Å². The van der Waals surface area contributed by atoms with Gasteiger partial charge in [0.05, 0.1) is 11.0 Å². The lowest BCUT2D eigenvalue weighted by Gasteiger charge is -2.19. The number of H-pyrrole nitrogens is 1. The maximum atomic E-state index is 4.85. The summed E-state index contributed by atoms with van der Waals surface area (Å²) in [4.78, 5) is 8.40. The number of nitrogens with one attached hydrogen (secondary N) is 1. The molecule has 90 valence electrons. The zero-order valence-electron chi connectivity index (χ0n) is 10.9. The van der Waals surface area contributed by atoms with Crippen LogP contribution < -0.4 is 0 Å². The van der Waals surface area contributed by atoms with Crippen molar-refractivity contribution in [2.45, 2.75) is 51.9 Å². The zero-order chi connectivity index (χ0) is 12.0. The second kappa shape index (κ2) is 3.59. The molecule has 1 fully saturated rings. The normalized spacial score (nSPS) is 19.0. The van der Waals surface area contributed by atoms with Crippen LogP contribution in [0.4, 0.5) is 0 Å². The molecule has 1 aromatic heterocycles. The average molecular weight is 228 g/mol. The lowest BCUT2D eigenvalue weighted by molar-refractivity contribution is 0.465. The highest BCUT2D eigenvalue weighted by Gasteiger charge is 2.33. The first kappa shape index (κ1) is 10.8. The van der Waals surface area contributed by atoms with E-state index < -0.39 is 0 Å². The van der Waals surface area contributed by atoms with E-state index in [0.717, 1.165) is 5.52 Å². The van der Waals surface area contributed by atoms with Gasteiger partial charge in [0.1, 0.15) is 5.82 Å². The van der Waals surface area contributed by atoms with E-state index in [4.69, 9.17) is 4.98 Å². The molecule has 3 rings (SSSR count). The molecule has 1 aliphatic carbocycles. The van der Waals surface area contributed by atoms with Crippen molar-refractivity contribution in [3.05, 3.63) is 29.1 Å². The Bertz CT molecular complexity index is 560. The first-order valence-electron chi connectivity index (χ1n) is 6.56. The maximum absolute atomic E-state index is 4.85. The van der Waals surface area contributed by atoms with E-state index >= 15 is 0 Å². The van der Waals surface area contributed by atoms with Gasteiger partial charge in [-0.3, -0.25) is 0 Å². The van der Waals surface area contributed by atoms with Gasteiger partial charge in [-0.15, -0.1) is 0 Å². The van der Waals surface area contributed by atoms with E-state index in [1.165, 1.54) is 48.2 Å². The molecule has 0 bridgehead atoms. The molecule has 0 radical (unpaired) electrons. The van der Waals surface area contributed by atoms with Crippen LogP contribution in [0.15, 0.2) is 12.1 Å². The summed E-state index contributed by atoms with van der Waals surface area (Å²) in [5, 5.41) is 0. The van der Waals surface area contributed by atoms with Crippen LogP contribution in [-0.4, -0.2) is 9.97 Å². The van der Waals surface area contributed by atoms with Crippen LogP contribution in [-0.2, 0) is 5.41 Å². The number of aromatic nitrogens is 2. The van der Waals surface area contributed by atoms with Crippen LogP contribution in [0.25, 0.3) is 11.0 Å². The van der Waals surface area contributed by atoms with Crippen molar-refractivity contribution in [1.29, 1.82) is 0 Å². The van der Waals surface area contributed by atoms with Gasteiger partial charge in [-0.05, 0) is 43.9 Å². The highest BCUT2D eigenvalue weighted by molar-refractivity contribution is 5.79. The molecule has 1 aromatic carbocycles. The first-order valence-corrected chi connectivity index (χ1v) is 6.56. The van der Waals surface area contributed by atoms with Gasteiger partial charge in [0.2, 0.25) is 0 Å². The fraction of sp³-hybridized carbons (Fsp3) is 0.533. The maximum Gasteiger partial charge on any atom is 0.113 e.